The average molecular weight is 611 g/mol. The molecule has 0 radical (unpaired) electrons. The number of unbranched alkanes of at least 4 members (excludes halogenated alkanes) is 2. The number of aryl methyl sites for hydroxylation is 1. The van der Waals surface area contributed by atoms with Crippen LogP contribution < -0.4 is 0 Å². The zero-order valence-corrected chi connectivity index (χ0v) is 28.2. The summed E-state index contributed by atoms with van der Waals surface area (Å²) >= 11 is 0. The first-order valence-corrected chi connectivity index (χ1v) is 17.4. The summed E-state index contributed by atoms with van der Waals surface area (Å²) in [6, 6.07) is 12.5. The third-order valence-corrected chi connectivity index (χ3v) is 9.71. The van der Waals surface area contributed by atoms with Crippen molar-refractivity contribution in [3.05, 3.63) is 87.9 Å². The van der Waals surface area contributed by atoms with E-state index in [1.54, 1.807) is 12.4 Å². The van der Waals surface area contributed by atoms with Crippen LogP contribution in [-0.2, 0) is 16.0 Å². The van der Waals surface area contributed by atoms with Crippen molar-refractivity contribution in [3.63, 3.8) is 0 Å². The lowest BCUT2D eigenvalue weighted by Crippen LogP contribution is -2.16. The van der Waals surface area contributed by atoms with Crippen LogP contribution in [0.5, 0.6) is 0 Å². The van der Waals surface area contributed by atoms with Crippen LogP contribution in [0.4, 0.5) is 0 Å². The van der Waals surface area contributed by atoms with E-state index >= 15 is 0 Å². The van der Waals surface area contributed by atoms with E-state index in [9.17, 15) is 9.59 Å². The molecule has 5 nitrogen and oxygen atoms in total. The fourth-order valence-corrected chi connectivity index (χ4v) is 6.85. The number of pyridine rings is 1. The maximum atomic E-state index is 13.1. The van der Waals surface area contributed by atoms with E-state index in [0.29, 0.717) is 36.0 Å². The largest absolute Gasteiger partial charge is 0.381 e. The molecular weight excluding hydrogens is 556 g/mol. The summed E-state index contributed by atoms with van der Waals surface area (Å²) in [5, 5.41) is 0. The molecule has 2 unspecified atom stereocenters. The summed E-state index contributed by atoms with van der Waals surface area (Å²) in [6.07, 6.45) is 16.4. The standard InChI is InChI=1S/C40H54N2O3/c1-5-6-7-14-37(43)15-8-11-32-16-18-33(19-17-32)31(4)42-40(34-13-10-24-45-25-22-34)38-21-20-35(29(2)26-30(38)3)27-39(44)36-12-9-23-41-28-36/h9,12,16-19,23,28-29,35H,5-8,10-11,13-15,20-22,24-27H2,1-4H3/b40-34+,42-31?. The van der Waals surface area contributed by atoms with E-state index in [1.165, 1.54) is 22.3 Å². The molecule has 0 saturated carbocycles. The van der Waals surface area contributed by atoms with Crippen LogP contribution >= 0.6 is 0 Å². The molecule has 2 aromatic rings. The van der Waals surface area contributed by atoms with Gasteiger partial charge in [0, 0.05) is 49.5 Å². The molecule has 1 saturated heterocycles. The summed E-state index contributed by atoms with van der Waals surface area (Å²) < 4.78 is 5.85. The summed E-state index contributed by atoms with van der Waals surface area (Å²) in [4.78, 5) is 34.8. The molecule has 1 aliphatic heterocycles. The van der Waals surface area contributed by atoms with Crippen molar-refractivity contribution in [2.24, 2.45) is 16.8 Å². The number of nitrogens with zero attached hydrogens (tertiary/aromatic N) is 2. The summed E-state index contributed by atoms with van der Waals surface area (Å²) in [6.45, 7) is 10.4. The fraction of sp³-hybridized carbons (Fsp3) is 0.550. The second kappa shape index (κ2) is 18.1. The minimum absolute atomic E-state index is 0.191. The van der Waals surface area contributed by atoms with Gasteiger partial charge in [-0.25, -0.2) is 0 Å². The Labute approximate surface area is 271 Å². The molecule has 1 aromatic heterocycles. The van der Waals surface area contributed by atoms with Gasteiger partial charge in [0.15, 0.2) is 5.78 Å². The van der Waals surface area contributed by atoms with E-state index < -0.39 is 0 Å². The third-order valence-electron chi connectivity index (χ3n) is 9.71. The smallest absolute Gasteiger partial charge is 0.164 e. The monoisotopic (exact) mass is 610 g/mol. The molecule has 1 aromatic carbocycles. The Bertz CT molecular complexity index is 1340. The molecule has 5 heteroatoms. The van der Waals surface area contributed by atoms with Crippen LogP contribution in [0, 0.1) is 11.8 Å². The summed E-state index contributed by atoms with van der Waals surface area (Å²) in [5.41, 5.74) is 9.49. The van der Waals surface area contributed by atoms with Crippen LogP contribution in [-0.4, -0.2) is 35.5 Å². The van der Waals surface area contributed by atoms with Gasteiger partial charge in [0.05, 0.1) is 12.3 Å². The number of Topliss-reactive ketones (excluding diaryl/α,β-unsaturated/α-hetero) is 2. The number of carbonyl (C=O) groups excluding carboxylic acids is 2. The minimum Gasteiger partial charge on any atom is -0.381 e. The number of benzene rings is 1. The SMILES string of the molecule is CCCCCC(=O)CCCc1ccc(C(C)=N/C(C2=C(C)CC(C)C(CC(=O)c3cccnc3)CC2)=C2\CCCOCC2)cc1. The van der Waals surface area contributed by atoms with E-state index in [1.807, 2.05) is 12.1 Å². The van der Waals surface area contributed by atoms with Gasteiger partial charge in [-0.3, -0.25) is 19.6 Å². The van der Waals surface area contributed by atoms with Crippen molar-refractivity contribution in [2.75, 3.05) is 13.2 Å². The predicted molar refractivity (Wildman–Crippen MR) is 185 cm³/mol. The number of allylic oxidation sites excluding steroid dienone is 2. The van der Waals surface area contributed by atoms with Crippen LogP contribution in [0.15, 0.2) is 76.2 Å². The van der Waals surface area contributed by atoms with Gasteiger partial charge in [-0.2, -0.15) is 0 Å². The van der Waals surface area contributed by atoms with Crippen LogP contribution in [0.3, 0.4) is 0 Å². The molecule has 2 aliphatic rings. The maximum Gasteiger partial charge on any atom is 0.164 e. The number of aromatic nitrogens is 1. The average Bonchev–Trinajstić information content (AvgIpc) is 3.40. The Morgan fingerprint density at radius 3 is 2.53 bits per heavy atom. The predicted octanol–water partition coefficient (Wildman–Crippen LogP) is 9.84. The van der Waals surface area contributed by atoms with Crippen molar-refractivity contribution < 1.29 is 14.3 Å². The Hall–Kier alpha value is -3.18. The molecule has 0 N–H and O–H groups in total. The highest BCUT2D eigenvalue weighted by Gasteiger charge is 2.28. The number of hydrogen-bond donors (Lipinski definition) is 0. The molecule has 0 spiro atoms. The molecule has 45 heavy (non-hydrogen) atoms. The highest BCUT2D eigenvalue weighted by Crippen LogP contribution is 2.39. The summed E-state index contributed by atoms with van der Waals surface area (Å²) in [7, 11) is 0. The first-order valence-electron chi connectivity index (χ1n) is 17.4. The quantitative estimate of drug-likeness (QED) is 0.121. The lowest BCUT2D eigenvalue weighted by Gasteiger charge is -2.21. The Balaban J connectivity index is 1.49. The third kappa shape index (κ3) is 10.7. The first-order chi connectivity index (χ1) is 21.9. The minimum atomic E-state index is 0.191. The molecule has 4 rings (SSSR count). The van der Waals surface area contributed by atoms with E-state index in [-0.39, 0.29) is 5.78 Å². The van der Waals surface area contributed by atoms with Crippen molar-refractivity contribution >= 4 is 17.3 Å². The number of hydrogen-bond acceptors (Lipinski definition) is 5. The Kier molecular flexibility index (Phi) is 13.9. The number of ketones is 2. The van der Waals surface area contributed by atoms with E-state index in [0.717, 1.165) is 107 Å². The van der Waals surface area contributed by atoms with Gasteiger partial charge in [-0.05, 0) is 118 Å². The zero-order valence-electron chi connectivity index (χ0n) is 28.2. The van der Waals surface area contributed by atoms with Gasteiger partial charge in [0.1, 0.15) is 5.78 Å². The first kappa shape index (κ1) is 34.7. The van der Waals surface area contributed by atoms with E-state index in [4.69, 9.17) is 9.73 Å². The number of aliphatic imine (C=N–C) groups is 1. The molecule has 1 aliphatic carbocycles. The highest BCUT2D eigenvalue weighted by molar-refractivity contribution is 5.99. The molecule has 2 heterocycles. The molecule has 0 amide bonds. The number of ether oxygens (including phenoxy) is 1. The molecule has 242 valence electrons. The second-order valence-corrected chi connectivity index (χ2v) is 13.3. The number of carbonyl (C=O) groups is 2. The molecule has 2 atom stereocenters. The molecule has 0 bridgehead atoms. The van der Waals surface area contributed by atoms with Gasteiger partial charge in [0.2, 0.25) is 0 Å². The van der Waals surface area contributed by atoms with Crippen molar-refractivity contribution in [3.8, 4) is 0 Å². The lowest BCUT2D eigenvalue weighted by molar-refractivity contribution is -0.119. The van der Waals surface area contributed by atoms with Crippen LogP contribution in [0.25, 0.3) is 0 Å². The van der Waals surface area contributed by atoms with Gasteiger partial charge in [-0.15, -0.1) is 0 Å². The second-order valence-electron chi connectivity index (χ2n) is 13.3. The van der Waals surface area contributed by atoms with Gasteiger partial charge < -0.3 is 4.74 Å². The van der Waals surface area contributed by atoms with Gasteiger partial charge in [-0.1, -0.05) is 56.5 Å². The topological polar surface area (TPSA) is 68.6 Å². The normalized spacial score (nSPS) is 20.8. The molecular formula is C40H54N2O3. The van der Waals surface area contributed by atoms with E-state index in [2.05, 4.69) is 56.9 Å². The Morgan fingerprint density at radius 1 is 0.978 bits per heavy atom. The fourth-order valence-electron chi connectivity index (χ4n) is 6.85. The lowest BCUT2D eigenvalue weighted by atomic mass is 9.83. The van der Waals surface area contributed by atoms with Crippen molar-refractivity contribution in [1.82, 2.24) is 4.98 Å². The maximum absolute atomic E-state index is 13.1. The van der Waals surface area contributed by atoms with Crippen LogP contribution in [0.2, 0.25) is 0 Å². The van der Waals surface area contributed by atoms with Gasteiger partial charge >= 0.3 is 0 Å². The zero-order chi connectivity index (χ0) is 32.0. The van der Waals surface area contributed by atoms with Gasteiger partial charge in [0.25, 0.3) is 0 Å². The summed E-state index contributed by atoms with van der Waals surface area (Å²) in [5.74, 6) is 1.35. The van der Waals surface area contributed by atoms with Crippen LogP contribution in [0.1, 0.15) is 133 Å². The molecule has 1 fully saturated rings. The van der Waals surface area contributed by atoms with Crippen molar-refractivity contribution in [2.45, 2.75) is 118 Å². The highest BCUT2D eigenvalue weighted by atomic mass is 16.5. The number of rotatable bonds is 14. The Morgan fingerprint density at radius 2 is 1.78 bits per heavy atom. The van der Waals surface area contributed by atoms with Crippen molar-refractivity contribution in [1.29, 1.82) is 0 Å².